The van der Waals surface area contributed by atoms with E-state index in [1.807, 2.05) is 6.07 Å². The molecule has 2 aromatic rings. The van der Waals surface area contributed by atoms with Gasteiger partial charge in [-0.2, -0.15) is 0 Å². The van der Waals surface area contributed by atoms with Crippen molar-refractivity contribution in [3.63, 3.8) is 0 Å². The van der Waals surface area contributed by atoms with Crippen molar-refractivity contribution in [2.45, 2.75) is 50.2 Å². The number of carbonyl (C=O) groups is 1. The van der Waals surface area contributed by atoms with Crippen molar-refractivity contribution in [1.82, 2.24) is 4.90 Å². The summed E-state index contributed by atoms with van der Waals surface area (Å²) in [4.78, 5) is 15.5. The highest BCUT2D eigenvalue weighted by atomic mass is 32.2. The van der Waals surface area contributed by atoms with E-state index in [4.69, 9.17) is 10.5 Å². The summed E-state index contributed by atoms with van der Waals surface area (Å²) in [6, 6.07) is 11.7. The molecule has 170 valence electrons. The van der Waals surface area contributed by atoms with Crippen LogP contribution < -0.4 is 15.2 Å². The van der Waals surface area contributed by atoms with Crippen LogP contribution in [0.2, 0.25) is 0 Å². The second-order valence-electron chi connectivity index (χ2n) is 9.43. The number of sulfonamides is 1. The number of fused-ring (bicyclic) bond motifs is 2. The molecule has 1 atom stereocenters. The van der Waals surface area contributed by atoms with Crippen LogP contribution in [0.5, 0.6) is 5.75 Å². The van der Waals surface area contributed by atoms with Crippen molar-refractivity contribution in [2.24, 2.45) is 0 Å². The molecule has 0 amide bonds. The molecule has 7 nitrogen and oxygen atoms in total. The van der Waals surface area contributed by atoms with Gasteiger partial charge in [0.1, 0.15) is 11.4 Å². The molecule has 2 aliphatic heterocycles. The van der Waals surface area contributed by atoms with E-state index in [0.717, 1.165) is 57.1 Å². The molecular weight excluding hydrogens is 426 g/mol. The summed E-state index contributed by atoms with van der Waals surface area (Å²) in [7, 11) is -3.40. The highest BCUT2D eigenvalue weighted by molar-refractivity contribution is 7.92. The number of anilines is 2. The van der Waals surface area contributed by atoms with Gasteiger partial charge in [0.25, 0.3) is 0 Å². The number of rotatable bonds is 3. The SMILES string of the molecule is CS(=O)(=O)Nc1ccc2c(c1)C(=O)CC1(CCN(C3CCc4cc(N)ccc4C3)CC1)O2. The predicted octanol–water partition coefficient (Wildman–Crippen LogP) is 3.00. The molecule has 3 aliphatic rings. The quantitative estimate of drug-likeness (QED) is 0.690. The summed E-state index contributed by atoms with van der Waals surface area (Å²) in [6.45, 7) is 1.82. The zero-order valence-corrected chi connectivity index (χ0v) is 19.1. The number of nitrogens with two attached hydrogens (primary N) is 1. The van der Waals surface area contributed by atoms with E-state index in [1.165, 1.54) is 11.1 Å². The maximum atomic E-state index is 12.9. The summed E-state index contributed by atoms with van der Waals surface area (Å²) in [5.41, 5.74) is 9.91. The standard InChI is InChI=1S/C24H29N3O4S/c1-32(29,30)26-19-5-7-23-21(14-19)22(28)15-24(31-23)8-10-27(11-9-24)20-6-3-16-12-18(25)4-2-17(16)13-20/h2,4-5,7,12,14,20,26H,3,6,8-11,13,15,25H2,1H3. The van der Waals surface area contributed by atoms with Gasteiger partial charge < -0.3 is 10.5 Å². The van der Waals surface area contributed by atoms with Gasteiger partial charge >= 0.3 is 0 Å². The van der Waals surface area contributed by atoms with Crippen LogP contribution in [-0.4, -0.2) is 50.1 Å². The van der Waals surface area contributed by atoms with Crippen LogP contribution in [0.1, 0.15) is 47.2 Å². The maximum Gasteiger partial charge on any atom is 0.229 e. The lowest BCUT2D eigenvalue weighted by Crippen LogP contribution is -2.54. The molecule has 8 heteroatoms. The van der Waals surface area contributed by atoms with E-state index in [9.17, 15) is 13.2 Å². The zero-order valence-electron chi connectivity index (χ0n) is 18.3. The Morgan fingerprint density at radius 1 is 1.12 bits per heavy atom. The molecule has 1 aliphatic carbocycles. The molecule has 1 saturated heterocycles. The molecule has 5 rings (SSSR count). The summed E-state index contributed by atoms with van der Waals surface area (Å²) in [5.74, 6) is 0.568. The number of piperidine rings is 1. The first-order valence-electron chi connectivity index (χ1n) is 11.2. The Balaban J connectivity index is 1.26. The third-order valence-electron chi connectivity index (χ3n) is 7.05. The highest BCUT2D eigenvalue weighted by Crippen LogP contribution is 2.41. The molecule has 3 N–H and O–H groups in total. The number of Topliss-reactive ketones (excluding diaryl/α,β-unsaturated/α-hetero) is 1. The maximum absolute atomic E-state index is 12.9. The number of hydrogen-bond acceptors (Lipinski definition) is 6. The Labute approximate surface area is 189 Å². The van der Waals surface area contributed by atoms with Gasteiger partial charge in [-0.15, -0.1) is 0 Å². The fourth-order valence-electron chi connectivity index (χ4n) is 5.41. The number of nitrogen functional groups attached to an aromatic ring is 1. The van der Waals surface area contributed by atoms with E-state index in [0.29, 0.717) is 29.5 Å². The third-order valence-corrected chi connectivity index (χ3v) is 7.66. The molecule has 2 aromatic carbocycles. The molecule has 1 spiro atoms. The van der Waals surface area contributed by atoms with Gasteiger partial charge in [0.05, 0.1) is 18.2 Å². The predicted molar refractivity (Wildman–Crippen MR) is 125 cm³/mol. The van der Waals surface area contributed by atoms with Crippen LogP contribution in [-0.2, 0) is 22.9 Å². The molecule has 32 heavy (non-hydrogen) atoms. The van der Waals surface area contributed by atoms with Gasteiger partial charge in [0, 0.05) is 43.3 Å². The minimum absolute atomic E-state index is 0.0148. The number of nitrogens with one attached hydrogen (secondary N) is 1. The number of likely N-dealkylation sites (tertiary alicyclic amines) is 1. The van der Waals surface area contributed by atoms with Crippen LogP contribution in [0.15, 0.2) is 36.4 Å². The van der Waals surface area contributed by atoms with Crippen molar-refractivity contribution >= 4 is 27.2 Å². The van der Waals surface area contributed by atoms with Crippen molar-refractivity contribution in [1.29, 1.82) is 0 Å². The van der Waals surface area contributed by atoms with E-state index in [-0.39, 0.29) is 5.78 Å². The number of carbonyl (C=O) groups excluding carboxylic acids is 1. The average molecular weight is 456 g/mol. The van der Waals surface area contributed by atoms with Crippen molar-refractivity contribution in [3.05, 3.63) is 53.1 Å². The molecular formula is C24H29N3O4S. The van der Waals surface area contributed by atoms with Crippen molar-refractivity contribution in [2.75, 3.05) is 29.8 Å². The minimum atomic E-state index is -3.40. The van der Waals surface area contributed by atoms with Gasteiger partial charge in [0.15, 0.2) is 5.78 Å². The Morgan fingerprint density at radius 3 is 2.66 bits per heavy atom. The molecule has 0 aromatic heterocycles. The Bertz CT molecular complexity index is 1170. The third kappa shape index (κ3) is 4.21. The summed E-state index contributed by atoms with van der Waals surface area (Å²) in [6.07, 6.45) is 6.28. The Hall–Kier alpha value is -2.58. The number of aryl methyl sites for hydroxylation is 1. The number of hydrogen-bond donors (Lipinski definition) is 2. The van der Waals surface area contributed by atoms with Gasteiger partial charge in [-0.3, -0.25) is 14.4 Å². The van der Waals surface area contributed by atoms with Gasteiger partial charge in [-0.1, -0.05) is 6.07 Å². The number of benzene rings is 2. The van der Waals surface area contributed by atoms with Gasteiger partial charge in [-0.25, -0.2) is 8.42 Å². The molecule has 0 saturated carbocycles. The number of ketones is 1. The molecule has 0 radical (unpaired) electrons. The fourth-order valence-corrected chi connectivity index (χ4v) is 5.97. The van der Waals surface area contributed by atoms with Gasteiger partial charge in [-0.05, 0) is 60.7 Å². The molecule has 1 fully saturated rings. The summed E-state index contributed by atoms with van der Waals surface area (Å²) < 4.78 is 31.8. The van der Waals surface area contributed by atoms with Crippen LogP contribution in [0.25, 0.3) is 0 Å². The Kier molecular flexibility index (Phi) is 5.17. The second-order valence-corrected chi connectivity index (χ2v) is 11.2. The Morgan fingerprint density at radius 2 is 1.91 bits per heavy atom. The lowest BCUT2D eigenvalue weighted by molar-refractivity contribution is -0.0200. The molecule has 2 heterocycles. The topological polar surface area (TPSA) is 102 Å². The fraction of sp³-hybridized carbons (Fsp3) is 0.458. The number of nitrogens with zero attached hydrogens (tertiary/aromatic N) is 1. The van der Waals surface area contributed by atoms with Crippen LogP contribution in [0.4, 0.5) is 11.4 Å². The summed E-state index contributed by atoms with van der Waals surface area (Å²) in [5, 5.41) is 0. The minimum Gasteiger partial charge on any atom is -0.486 e. The van der Waals surface area contributed by atoms with E-state index < -0.39 is 15.6 Å². The van der Waals surface area contributed by atoms with E-state index >= 15 is 0 Å². The smallest absolute Gasteiger partial charge is 0.229 e. The molecule has 1 unspecified atom stereocenters. The highest BCUT2D eigenvalue weighted by Gasteiger charge is 2.44. The van der Waals surface area contributed by atoms with Crippen LogP contribution in [0.3, 0.4) is 0 Å². The van der Waals surface area contributed by atoms with E-state index in [1.54, 1.807) is 18.2 Å². The zero-order chi connectivity index (χ0) is 22.5. The van der Waals surface area contributed by atoms with Crippen LogP contribution in [0, 0.1) is 0 Å². The first-order valence-corrected chi connectivity index (χ1v) is 13.0. The average Bonchev–Trinajstić information content (AvgIpc) is 2.73. The number of ether oxygens (including phenoxy) is 1. The molecule has 0 bridgehead atoms. The van der Waals surface area contributed by atoms with Crippen molar-refractivity contribution in [3.8, 4) is 5.75 Å². The first-order chi connectivity index (χ1) is 15.2. The normalized spacial score (nSPS) is 22.7. The lowest BCUT2D eigenvalue weighted by atomic mass is 9.80. The van der Waals surface area contributed by atoms with E-state index in [2.05, 4.69) is 21.8 Å². The first kappa shape index (κ1) is 21.3. The largest absolute Gasteiger partial charge is 0.486 e. The lowest BCUT2D eigenvalue weighted by Gasteiger charge is -2.46. The van der Waals surface area contributed by atoms with Crippen LogP contribution >= 0.6 is 0 Å². The second kappa shape index (κ2) is 7.78. The van der Waals surface area contributed by atoms with Crippen molar-refractivity contribution < 1.29 is 17.9 Å². The summed E-state index contributed by atoms with van der Waals surface area (Å²) >= 11 is 0. The van der Waals surface area contributed by atoms with Gasteiger partial charge in [0.2, 0.25) is 10.0 Å². The monoisotopic (exact) mass is 455 g/mol.